The third-order valence-electron chi connectivity index (χ3n) is 1.47. The zero-order valence-electron chi connectivity index (χ0n) is 5.28. The molecule has 0 saturated heterocycles. The van der Waals surface area contributed by atoms with Crippen molar-refractivity contribution >= 4 is 11.5 Å². The van der Waals surface area contributed by atoms with Gasteiger partial charge in [0.1, 0.15) is 5.82 Å². The summed E-state index contributed by atoms with van der Waals surface area (Å²) in [6.45, 7) is 0. The predicted molar refractivity (Wildman–Crippen MR) is 36.7 cm³/mol. The van der Waals surface area contributed by atoms with Crippen molar-refractivity contribution in [1.29, 1.82) is 0 Å². The Balaban J connectivity index is 2.19. The van der Waals surface area contributed by atoms with Crippen LogP contribution in [0.15, 0.2) is 0 Å². The van der Waals surface area contributed by atoms with E-state index >= 15 is 0 Å². The van der Waals surface area contributed by atoms with Gasteiger partial charge in [-0.25, -0.2) is 0 Å². The van der Waals surface area contributed by atoms with Gasteiger partial charge in [-0.1, -0.05) is 0 Å². The van der Waals surface area contributed by atoms with E-state index in [1.165, 1.54) is 24.4 Å². The summed E-state index contributed by atoms with van der Waals surface area (Å²) in [4.78, 5) is 8.47. The summed E-state index contributed by atoms with van der Waals surface area (Å²) < 4.78 is 4.07. The van der Waals surface area contributed by atoms with E-state index in [9.17, 15) is 0 Å². The molecule has 0 aromatic carbocycles. The molecule has 1 aliphatic rings. The van der Waals surface area contributed by atoms with Gasteiger partial charge >= 0.3 is 5.19 Å². The first-order valence-electron chi connectivity index (χ1n) is 3.10. The van der Waals surface area contributed by atoms with Crippen LogP contribution in [0.3, 0.4) is 0 Å². The molecule has 1 saturated carbocycles. The van der Waals surface area contributed by atoms with Crippen LogP contribution in [-0.2, 0) is 0 Å². The second kappa shape index (κ2) is 2.17. The molecule has 1 heterocycles. The molecule has 1 aromatic rings. The third-order valence-corrected chi connectivity index (χ3v) is 2.09. The zero-order valence-corrected chi connectivity index (χ0v) is 6.10. The van der Waals surface area contributed by atoms with Crippen molar-refractivity contribution in [3.8, 4) is 5.19 Å². The Bertz CT molecular complexity index is 233. The van der Waals surface area contributed by atoms with Crippen molar-refractivity contribution in [2.75, 3.05) is 0 Å². The van der Waals surface area contributed by atoms with Crippen LogP contribution >= 0.6 is 11.5 Å². The van der Waals surface area contributed by atoms with E-state index in [4.69, 9.17) is 5.90 Å². The molecular weight excluding hydrogens is 150 g/mol. The van der Waals surface area contributed by atoms with Gasteiger partial charge < -0.3 is 4.84 Å². The normalized spacial score (nSPS) is 17.3. The van der Waals surface area contributed by atoms with Gasteiger partial charge in [-0.3, -0.25) is 0 Å². The van der Waals surface area contributed by atoms with Gasteiger partial charge in [-0.05, 0) is 12.8 Å². The van der Waals surface area contributed by atoms with Crippen LogP contribution < -0.4 is 10.7 Å². The highest BCUT2D eigenvalue weighted by atomic mass is 32.1. The lowest BCUT2D eigenvalue weighted by atomic mass is 10.4. The van der Waals surface area contributed by atoms with Gasteiger partial charge in [-0.2, -0.15) is 15.3 Å². The Hall–Kier alpha value is -0.680. The summed E-state index contributed by atoms with van der Waals surface area (Å²) in [7, 11) is 0. The quantitative estimate of drug-likeness (QED) is 0.641. The average Bonchev–Trinajstić information content (AvgIpc) is 2.70. The zero-order chi connectivity index (χ0) is 6.97. The van der Waals surface area contributed by atoms with E-state index in [1.807, 2.05) is 0 Å². The molecule has 2 N–H and O–H groups in total. The highest BCUT2D eigenvalue weighted by molar-refractivity contribution is 7.07. The van der Waals surface area contributed by atoms with Crippen molar-refractivity contribution in [1.82, 2.24) is 9.36 Å². The minimum atomic E-state index is 0.460. The molecule has 1 aliphatic carbocycles. The maximum atomic E-state index is 4.89. The van der Waals surface area contributed by atoms with Crippen molar-refractivity contribution in [2.24, 2.45) is 5.90 Å². The van der Waals surface area contributed by atoms with Crippen LogP contribution in [0.2, 0.25) is 0 Å². The first kappa shape index (κ1) is 6.06. The van der Waals surface area contributed by atoms with Crippen molar-refractivity contribution < 1.29 is 4.84 Å². The summed E-state index contributed by atoms with van der Waals surface area (Å²) in [6.07, 6.45) is 2.42. The standard InChI is InChI=1S/C5H7N3OS/c6-9-5-7-4(8-10-5)3-1-2-3/h3H,1-2,6H2. The molecule has 0 aliphatic heterocycles. The molecule has 10 heavy (non-hydrogen) atoms. The maximum Gasteiger partial charge on any atom is 0.313 e. The topological polar surface area (TPSA) is 61.0 Å². The smallest absolute Gasteiger partial charge is 0.313 e. The van der Waals surface area contributed by atoms with E-state index in [2.05, 4.69) is 14.2 Å². The van der Waals surface area contributed by atoms with Gasteiger partial charge in [0.05, 0.1) is 0 Å². The number of nitrogens with zero attached hydrogens (tertiary/aromatic N) is 2. The summed E-state index contributed by atoms with van der Waals surface area (Å²) in [5.74, 6) is 6.37. The summed E-state index contributed by atoms with van der Waals surface area (Å²) >= 11 is 1.21. The van der Waals surface area contributed by atoms with Gasteiger partial charge in [-0.15, -0.1) is 0 Å². The molecule has 0 bridgehead atoms. The van der Waals surface area contributed by atoms with Crippen LogP contribution in [-0.4, -0.2) is 9.36 Å². The van der Waals surface area contributed by atoms with E-state index in [0.29, 0.717) is 11.1 Å². The second-order valence-corrected chi connectivity index (χ2v) is 3.02. The number of aromatic nitrogens is 2. The number of hydrogen-bond acceptors (Lipinski definition) is 5. The lowest BCUT2D eigenvalue weighted by molar-refractivity contribution is 0.331. The van der Waals surface area contributed by atoms with Crippen molar-refractivity contribution in [3.63, 3.8) is 0 Å². The molecule has 1 fully saturated rings. The summed E-state index contributed by atoms with van der Waals surface area (Å²) in [6, 6.07) is 0. The van der Waals surface area contributed by atoms with E-state index in [1.54, 1.807) is 0 Å². The number of nitrogens with two attached hydrogens (primary N) is 1. The van der Waals surface area contributed by atoms with Crippen LogP contribution in [0.5, 0.6) is 5.19 Å². The molecule has 0 atom stereocenters. The fourth-order valence-electron chi connectivity index (χ4n) is 0.775. The Morgan fingerprint density at radius 3 is 2.90 bits per heavy atom. The average molecular weight is 157 g/mol. The second-order valence-electron chi connectivity index (χ2n) is 2.31. The molecule has 0 radical (unpaired) electrons. The Morgan fingerprint density at radius 1 is 1.60 bits per heavy atom. The Labute approximate surface area is 62.1 Å². The van der Waals surface area contributed by atoms with Crippen LogP contribution in [0.4, 0.5) is 0 Å². The summed E-state index contributed by atoms with van der Waals surface area (Å²) in [5, 5.41) is 0.460. The van der Waals surface area contributed by atoms with Gasteiger partial charge in [0.15, 0.2) is 0 Å². The Morgan fingerprint density at radius 2 is 2.40 bits per heavy atom. The molecule has 54 valence electrons. The molecule has 5 heteroatoms. The van der Waals surface area contributed by atoms with E-state index in [0.717, 1.165) is 5.82 Å². The highest BCUT2D eigenvalue weighted by Gasteiger charge is 2.27. The lowest BCUT2D eigenvalue weighted by Crippen LogP contribution is -2.00. The maximum absolute atomic E-state index is 4.89. The van der Waals surface area contributed by atoms with Gasteiger partial charge in [0.25, 0.3) is 0 Å². The third kappa shape index (κ3) is 0.975. The highest BCUT2D eigenvalue weighted by Crippen LogP contribution is 2.39. The largest absolute Gasteiger partial charge is 0.378 e. The van der Waals surface area contributed by atoms with Crippen LogP contribution in [0.25, 0.3) is 0 Å². The van der Waals surface area contributed by atoms with Crippen LogP contribution in [0, 0.1) is 0 Å². The fourth-order valence-corrected chi connectivity index (χ4v) is 1.31. The number of rotatable bonds is 2. The van der Waals surface area contributed by atoms with E-state index in [-0.39, 0.29) is 0 Å². The molecule has 1 aromatic heterocycles. The molecule has 0 amide bonds. The molecule has 2 rings (SSSR count). The monoisotopic (exact) mass is 157 g/mol. The van der Waals surface area contributed by atoms with Gasteiger partial charge in [0, 0.05) is 17.5 Å². The van der Waals surface area contributed by atoms with Gasteiger partial charge in [0.2, 0.25) is 0 Å². The SMILES string of the molecule is NOc1nc(C2CC2)ns1. The predicted octanol–water partition coefficient (Wildman–Crippen LogP) is 0.668. The molecule has 0 spiro atoms. The minimum Gasteiger partial charge on any atom is -0.378 e. The fraction of sp³-hybridized carbons (Fsp3) is 0.600. The van der Waals surface area contributed by atoms with Crippen molar-refractivity contribution in [3.05, 3.63) is 5.82 Å². The summed E-state index contributed by atoms with van der Waals surface area (Å²) in [5.41, 5.74) is 0. The first-order chi connectivity index (χ1) is 4.90. The van der Waals surface area contributed by atoms with Crippen LogP contribution in [0.1, 0.15) is 24.6 Å². The molecule has 4 nitrogen and oxygen atoms in total. The Kier molecular flexibility index (Phi) is 1.32. The lowest BCUT2D eigenvalue weighted by Gasteiger charge is -1.84. The first-order valence-corrected chi connectivity index (χ1v) is 3.88. The van der Waals surface area contributed by atoms with Crippen molar-refractivity contribution in [2.45, 2.75) is 18.8 Å². The number of hydrogen-bond donors (Lipinski definition) is 1. The minimum absolute atomic E-state index is 0.460. The molecular formula is C5H7N3OS. The van der Waals surface area contributed by atoms with E-state index < -0.39 is 0 Å². The molecule has 0 unspecified atom stereocenters.